The molecule has 86 valence electrons. The van der Waals surface area contributed by atoms with Crippen molar-refractivity contribution in [1.82, 2.24) is 0 Å². The SMILES string of the molecule is Cc1cc2c(cc1F)NC(=O)C(C)CS2=O. The first-order valence-corrected chi connectivity index (χ1v) is 6.30. The molecule has 2 rings (SSSR count). The lowest BCUT2D eigenvalue weighted by Gasteiger charge is -2.07. The molecular weight excluding hydrogens is 229 g/mol. The summed E-state index contributed by atoms with van der Waals surface area (Å²) in [5.41, 5.74) is 0.770. The van der Waals surface area contributed by atoms with Gasteiger partial charge in [0.15, 0.2) is 0 Å². The van der Waals surface area contributed by atoms with Crippen LogP contribution in [0.3, 0.4) is 0 Å². The summed E-state index contributed by atoms with van der Waals surface area (Å²) in [6.45, 7) is 3.32. The van der Waals surface area contributed by atoms with Crippen LogP contribution < -0.4 is 5.32 Å². The summed E-state index contributed by atoms with van der Waals surface area (Å²) in [7, 11) is -1.25. The number of carbonyl (C=O) groups is 1. The summed E-state index contributed by atoms with van der Waals surface area (Å²) in [6.07, 6.45) is 0. The Kier molecular flexibility index (Phi) is 2.80. The molecule has 0 saturated heterocycles. The molecule has 1 aromatic rings. The Morgan fingerprint density at radius 2 is 2.19 bits per heavy atom. The summed E-state index contributed by atoms with van der Waals surface area (Å²) >= 11 is 0. The van der Waals surface area contributed by atoms with Crippen molar-refractivity contribution >= 4 is 22.4 Å². The minimum atomic E-state index is -1.25. The van der Waals surface area contributed by atoms with E-state index in [0.29, 0.717) is 16.1 Å². The Balaban J connectivity index is 2.56. The lowest BCUT2D eigenvalue weighted by molar-refractivity contribution is -0.118. The largest absolute Gasteiger partial charge is 0.325 e. The average Bonchev–Trinajstić information content (AvgIpc) is 2.30. The molecule has 0 radical (unpaired) electrons. The highest BCUT2D eigenvalue weighted by Crippen LogP contribution is 2.27. The van der Waals surface area contributed by atoms with Crippen molar-refractivity contribution in [2.45, 2.75) is 18.7 Å². The van der Waals surface area contributed by atoms with Gasteiger partial charge in [-0.05, 0) is 24.6 Å². The van der Waals surface area contributed by atoms with E-state index in [1.54, 1.807) is 19.9 Å². The molecule has 5 heteroatoms. The Morgan fingerprint density at radius 1 is 1.50 bits per heavy atom. The van der Waals surface area contributed by atoms with Crippen LogP contribution in [-0.4, -0.2) is 15.9 Å². The van der Waals surface area contributed by atoms with Gasteiger partial charge in [0.05, 0.1) is 21.4 Å². The van der Waals surface area contributed by atoms with Gasteiger partial charge in [-0.25, -0.2) is 4.39 Å². The highest BCUT2D eigenvalue weighted by Gasteiger charge is 2.25. The van der Waals surface area contributed by atoms with Gasteiger partial charge in [-0.3, -0.25) is 9.00 Å². The molecule has 0 aromatic heterocycles. The molecule has 3 nitrogen and oxygen atoms in total. The zero-order chi connectivity index (χ0) is 11.9. The van der Waals surface area contributed by atoms with Crippen LogP contribution in [0.25, 0.3) is 0 Å². The number of halogens is 1. The van der Waals surface area contributed by atoms with E-state index in [1.165, 1.54) is 6.07 Å². The first kappa shape index (κ1) is 11.3. The van der Waals surface area contributed by atoms with Gasteiger partial charge >= 0.3 is 0 Å². The minimum absolute atomic E-state index is 0.213. The highest BCUT2D eigenvalue weighted by molar-refractivity contribution is 7.85. The van der Waals surface area contributed by atoms with Crippen molar-refractivity contribution in [2.24, 2.45) is 5.92 Å². The van der Waals surface area contributed by atoms with E-state index < -0.39 is 16.6 Å². The number of fused-ring (bicyclic) bond motifs is 1. The van der Waals surface area contributed by atoms with E-state index in [9.17, 15) is 13.4 Å². The first-order valence-electron chi connectivity index (χ1n) is 4.98. The molecule has 0 bridgehead atoms. The molecule has 1 N–H and O–H groups in total. The van der Waals surface area contributed by atoms with Gasteiger partial charge in [0.25, 0.3) is 0 Å². The molecule has 16 heavy (non-hydrogen) atoms. The van der Waals surface area contributed by atoms with Crippen molar-refractivity contribution in [3.05, 3.63) is 23.5 Å². The van der Waals surface area contributed by atoms with Crippen molar-refractivity contribution in [1.29, 1.82) is 0 Å². The van der Waals surface area contributed by atoms with Crippen molar-refractivity contribution in [2.75, 3.05) is 11.1 Å². The van der Waals surface area contributed by atoms with Gasteiger partial charge in [-0.15, -0.1) is 0 Å². The summed E-state index contributed by atoms with van der Waals surface area (Å²) in [6, 6.07) is 2.78. The van der Waals surface area contributed by atoms with Gasteiger partial charge in [0, 0.05) is 11.7 Å². The summed E-state index contributed by atoms with van der Waals surface area (Å²) in [4.78, 5) is 12.1. The second-order valence-corrected chi connectivity index (χ2v) is 5.46. The number of hydrogen-bond acceptors (Lipinski definition) is 2. The number of benzene rings is 1. The molecule has 2 atom stereocenters. The van der Waals surface area contributed by atoms with E-state index in [4.69, 9.17) is 0 Å². The Labute approximate surface area is 95.5 Å². The van der Waals surface area contributed by atoms with E-state index in [1.807, 2.05) is 0 Å². The minimum Gasteiger partial charge on any atom is -0.325 e. The van der Waals surface area contributed by atoms with Crippen LogP contribution >= 0.6 is 0 Å². The molecule has 0 aliphatic carbocycles. The molecule has 0 saturated carbocycles. The van der Waals surface area contributed by atoms with Gasteiger partial charge in [-0.2, -0.15) is 0 Å². The van der Waals surface area contributed by atoms with Gasteiger partial charge < -0.3 is 5.32 Å². The van der Waals surface area contributed by atoms with Crippen LogP contribution in [0, 0.1) is 18.7 Å². The zero-order valence-corrected chi connectivity index (χ0v) is 9.86. The quantitative estimate of drug-likeness (QED) is 0.753. The third-order valence-electron chi connectivity index (χ3n) is 2.61. The monoisotopic (exact) mass is 241 g/mol. The summed E-state index contributed by atoms with van der Waals surface area (Å²) in [5.74, 6) is -0.651. The lowest BCUT2D eigenvalue weighted by atomic mass is 10.2. The fourth-order valence-electron chi connectivity index (χ4n) is 1.59. The highest BCUT2D eigenvalue weighted by atomic mass is 32.2. The fourth-order valence-corrected chi connectivity index (χ4v) is 3.04. The number of nitrogens with one attached hydrogen (secondary N) is 1. The smallest absolute Gasteiger partial charge is 0.228 e. The van der Waals surface area contributed by atoms with Crippen LogP contribution in [0.2, 0.25) is 0 Å². The maximum Gasteiger partial charge on any atom is 0.228 e. The fraction of sp³-hybridized carbons (Fsp3) is 0.364. The zero-order valence-electron chi connectivity index (χ0n) is 9.04. The van der Waals surface area contributed by atoms with E-state index in [-0.39, 0.29) is 17.6 Å². The maximum absolute atomic E-state index is 13.3. The lowest BCUT2D eigenvalue weighted by Crippen LogP contribution is -2.21. The maximum atomic E-state index is 13.3. The molecule has 1 aliphatic rings. The molecule has 1 heterocycles. The second-order valence-electron chi connectivity index (χ2n) is 4.00. The number of anilines is 1. The van der Waals surface area contributed by atoms with Crippen LogP contribution in [0.5, 0.6) is 0 Å². The van der Waals surface area contributed by atoms with Gasteiger partial charge in [0.2, 0.25) is 5.91 Å². The number of carbonyl (C=O) groups excluding carboxylic acids is 1. The molecule has 0 fully saturated rings. The number of aryl methyl sites for hydroxylation is 1. The molecule has 2 unspecified atom stereocenters. The summed E-state index contributed by atoms with van der Waals surface area (Å²) in [5, 5.41) is 2.60. The third-order valence-corrected chi connectivity index (χ3v) is 4.24. The first-order chi connectivity index (χ1) is 7.49. The standard InChI is InChI=1S/C11H12FNO2S/c1-6-3-10-9(4-8(6)12)13-11(14)7(2)5-16(10)15/h3-4,7H,5H2,1-2H3,(H,13,14). The number of amides is 1. The van der Waals surface area contributed by atoms with E-state index in [2.05, 4.69) is 5.32 Å². The number of hydrogen-bond donors (Lipinski definition) is 1. The normalized spacial score (nSPS) is 24.6. The van der Waals surface area contributed by atoms with Crippen LogP contribution in [0.15, 0.2) is 17.0 Å². The molecule has 1 aromatic carbocycles. The third kappa shape index (κ3) is 1.87. The number of rotatable bonds is 0. The second kappa shape index (κ2) is 3.97. The van der Waals surface area contributed by atoms with E-state index in [0.717, 1.165) is 0 Å². The molecule has 1 aliphatic heterocycles. The van der Waals surface area contributed by atoms with Crippen LogP contribution in [-0.2, 0) is 15.6 Å². The molecule has 0 spiro atoms. The van der Waals surface area contributed by atoms with E-state index >= 15 is 0 Å². The summed E-state index contributed by atoms with van der Waals surface area (Å²) < 4.78 is 25.3. The Hall–Kier alpha value is -1.23. The van der Waals surface area contributed by atoms with Crippen molar-refractivity contribution in [3.8, 4) is 0 Å². The Bertz CT molecular complexity index is 487. The predicted octanol–water partition coefficient (Wildman–Crippen LogP) is 1.83. The van der Waals surface area contributed by atoms with Crippen LogP contribution in [0.4, 0.5) is 10.1 Å². The van der Waals surface area contributed by atoms with Crippen LogP contribution in [0.1, 0.15) is 12.5 Å². The topological polar surface area (TPSA) is 46.2 Å². The molecule has 1 amide bonds. The van der Waals surface area contributed by atoms with Gasteiger partial charge in [0.1, 0.15) is 5.82 Å². The Morgan fingerprint density at radius 3 is 2.88 bits per heavy atom. The predicted molar refractivity (Wildman–Crippen MR) is 60.2 cm³/mol. The molecular formula is C11H12FNO2S. The van der Waals surface area contributed by atoms with Gasteiger partial charge in [-0.1, -0.05) is 6.92 Å². The van der Waals surface area contributed by atoms with Crippen molar-refractivity contribution in [3.63, 3.8) is 0 Å². The average molecular weight is 241 g/mol. The van der Waals surface area contributed by atoms with Crippen molar-refractivity contribution < 1.29 is 13.4 Å².